The van der Waals surface area contributed by atoms with Crippen LogP contribution in [0.5, 0.6) is 5.75 Å². The van der Waals surface area contributed by atoms with E-state index < -0.39 is 28.0 Å². The molecule has 1 aliphatic heterocycles. The summed E-state index contributed by atoms with van der Waals surface area (Å²) < 4.78 is 47.8. The van der Waals surface area contributed by atoms with Crippen LogP contribution in [-0.4, -0.2) is 80.2 Å². The van der Waals surface area contributed by atoms with Crippen molar-refractivity contribution in [2.45, 2.75) is 57.2 Å². The second-order valence-corrected chi connectivity index (χ2v) is 11.9. The van der Waals surface area contributed by atoms with Gasteiger partial charge in [-0.25, -0.2) is 17.6 Å². The average Bonchev–Trinajstić information content (AvgIpc) is 2.91. The summed E-state index contributed by atoms with van der Waals surface area (Å²) in [5.74, 6) is -0.626. The average molecular weight is 565 g/mol. The summed E-state index contributed by atoms with van der Waals surface area (Å²) in [6.07, 6.45) is -0.595. The van der Waals surface area contributed by atoms with E-state index in [0.29, 0.717) is 17.9 Å². The van der Waals surface area contributed by atoms with Gasteiger partial charge in [0.05, 0.1) is 30.5 Å². The van der Waals surface area contributed by atoms with Crippen LogP contribution >= 0.6 is 0 Å². The Morgan fingerprint density at radius 2 is 1.87 bits per heavy atom. The number of rotatable bonds is 8. The van der Waals surface area contributed by atoms with E-state index in [1.165, 1.54) is 17.0 Å². The van der Waals surface area contributed by atoms with Crippen molar-refractivity contribution >= 4 is 27.6 Å². The zero-order valence-corrected chi connectivity index (χ0v) is 23.7. The van der Waals surface area contributed by atoms with Gasteiger partial charge in [-0.3, -0.25) is 9.52 Å². The van der Waals surface area contributed by atoms with Crippen LogP contribution in [0.4, 0.5) is 14.9 Å². The number of hydrogen-bond acceptors (Lipinski definition) is 6. The predicted octanol–water partition coefficient (Wildman–Crippen LogP) is 2.83. The van der Waals surface area contributed by atoms with Crippen LogP contribution in [0.3, 0.4) is 0 Å². The van der Waals surface area contributed by atoms with Crippen molar-refractivity contribution in [1.82, 2.24) is 15.1 Å². The van der Waals surface area contributed by atoms with E-state index >= 15 is 0 Å². The van der Waals surface area contributed by atoms with Crippen molar-refractivity contribution in [2.75, 3.05) is 31.5 Å². The number of amides is 3. The maximum Gasteiger partial charge on any atom is 0.317 e. The van der Waals surface area contributed by atoms with Crippen LogP contribution in [0.15, 0.2) is 47.4 Å². The molecule has 39 heavy (non-hydrogen) atoms. The molecule has 0 aromatic heterocycles. The molecule has 2 aromatic rings. The Balaban J connectivity index is 1.95. The number of sulfonamides is 1. The Hall–Kier alpha value is -3.38. The molecule has 0 bridgehead atoms. The lowest BCUT2D eigenvalue weighted by Crippen LogP contribution is -2.49. The molecule has 1 aliphatic rings. The summed E-state index contributed by atoms with van der Waals surface area (Å²) in [5.41, 5.74) is 0.649. The highest BCUT2D eigenvalue weighted by Crippen LogP contribution is 2.30. The number of anilines is 1. The molecule has 214 valence electrons. The zero-order valence-electron chi connectivity index (χ0n) is 22.8. The molecule has 10 nitrogen and oxygen atoms in total. The normalized spacial score (nSPS) is 18.8. The quantitative estimate of drug-likeness (QED) is 0.453. The number of urea groups is 1. The van der Waals surface area contributed by atoms with Crippen LogP contribution in [-0.2, 0) is 21.2 Å². The monoisotopic (exact) mass is 564 g/mol. The van der Waals surface area contributed by atoms with Gasteiger partial charge >= 0.3 is 6.03 Å². The number of fused-ring (bicyclic) bond motifs is 1. The first-order valence-corrected chi connectivity index (χ1v) is 14.3. The molecule has 0 fully saturated rings. The van der Waals surface area contributed by atoms with Crippen LogP contribution in [0, 0.1) is 11.7 Å². The van der Waals surface area contributed by atoms with Crippen molar-refractivity contribution in [3.05, 3.63) is 53.8 Å². The van der Waals surface area contributed by atoms with E-state index in [4.69, 9.17) is 4.74 Å². The van der Waals surface area contributed by atoms with Crippen LogP contribution < -0.4 is 14.8 Å². The molecule has 3 amide bonds. The van der Waals surface area contributed by atoms with E-state index in [9.17, 15) is 27.5 Å². The van der Waals surface area contributed by atoms with Crippen molar-refractivity contribution in [1.29, 1.82) is 0 Å². The van der Waals surface area contributed by atoms with Gasteiger partial charge in [0.2, 0.25) is 5.91 Å². The summed E-state index contributed by atoms with van der Waals surface area (Å²) in [5, 5.41) is 12.6. The minimum Gasteiger partial charge on any atom is -0.488 e. The number of nitrogens with zero attached hydrogens (tertiary/aromatic N) is 2. The fourth-order valence-electron chi connectivity index (χ4n) is 4.25. The number of nitrogens with one attached hydrogen (secondary N) is 2. The second-order valence-electron chi connectivity index (χ2n) is 10.3. The third kappa shape index (κ3) is 7.82. The Morgan fingerprint density at radius 1 is 1.21 bits per heavy atom. The highest BCUT2D eigenvalue weighted by molar-refractivity contribution is 7.92. The lowest BCUT2D eigenvalue weighted by molar-refractivity contribution is -0.134. The highest BCUT2D eigenvalue weighted by Gasteiger charge is 2.32. The lowest BCUT2D eigenvalue weighted by atomic mass is 10.0. The number of ether oxygens (including phenoxy) is 1. The number of hydrogen-bond donors (Lipinski definition) is 3. The number of aliphatic hydroxyl groups is 1. The molecule has 3 N–H and O–H groups in total. The van der Waals surface area contributed by atoms with Gasteiger partial charge < -0.3 is 25.0 Å². The SMILES string of the molecule is CC(C)NC(=O)N(C)C[C@H]1Oc2ccc(NS(=O)(=O)c3ccc(F)cc3)cc2CC(=O)N([C@H](C)CO)C[C@@H]1C. The molecule has 3 rings (SSSR count). The molecular weight excluding hydrogens is 527 g/mol. The van der Waals surface area contributed by atoms with Gasteiger partial charge in [-0.2, -0.15) is 0 Å². The Kier molecular flexibility index (Phi) is 9.78. The summed E-state index contributed by atoms with van der Waals surface area (Å²) in [6, 6.07) is 8.31. The van der Waals surface area contributed by atoms with E-state index in [0.717, 1.165) is 24.3 Å². The van der Waals surface area contributed by atoms with E-state index in [2.05, 4.69) is 10.0 Å². The first-order valence-electron chi connectivity index (χ1n) is 12.8. The minimum atomic E-state index is -4.01. The molecule has 0 aliphatic carbocycles. The third-order valence-corrected chi connectivity index (χ3v) is 7.90. The molecule has 0 spiro atoms. The first-order chi connectivity index (χ1) is 18.3. The number of likely N-dealkylation sites (N-methyl/N-ethyl adjacent to an activating group) is 1. The molecule has 3 atom stereocenters. The van der Waals surface area contributed by atoms with Gasteiger partial charge in [0.1, 0.15) is 17.7 Å². The van der Waals surface area contributed by atoms with E-state index in [-0.39, 0.29) is 54.1 Å². The molecular formula is C27H37FN4O6S. The fourth-order valence-corrected chi connectivity index (χ4v) is 5.30. The topological polar surface area (TPSA) is 128 Å². The van der Waals surface area contributed by atoms with Crippen molar-refractivity contribution in [2.24, 2.45) is 5.92 Å². The van der Waals surface area contributed by atoms with E-state index in [1.807, 2.05) is 20.8 Å². The summed E-state index contributed by atoms with van der Waals surface area (Å²) in [6.45, 7) is 7.68. The number of carbonyl (C=O) groups excluding carboxylic acids is 2. The third-order valence-electron chi connectivity index (χ3n) is 6.51. The second kappa shape index (κ2) is 12.6. The van der Waals surface area contributed by atoms with Gasteiger partial charge in [-0.15, -0.1) is 0 Å². The fraction of sp³-hybridized carbons (Fsp3) is 0.481. The molecule has 0 saturated carbocycles. The number of halogens is 1. The number of aliphatic hydroxyl groups excluding tert-OH is 1. The van der Waals surface area contributed by atoms with Crippen molar-refractivity contribution in [3.63, 3.8) is 0 Å². The van der Waals surface area contributed by atoms with Gasteiger partial charge in [-0.1, -0.05) is 6.92 Å². The van der Waals surface area contributed by atoms with Crippen LogP contribution in [0.1, 0.15) is 33.3 Å². The standard InChI is InChI=1S/C27H37FN4O6S/c1-17(2)29-27(35)31(5)15-25-18(3)14-32(19(4)16-33)26(34)13-20-12-22(8-11-24(20)38-25)30-39(36,37)23-9-6-21(28)7-10-23/h6-12,17-19,25,30,33H,13-16H2,1-5H3,(H,29,35)/t18-,19+,25+/m0/s1. The molecule has 0 unspecified atom stereocenters. The Labute approximate surface area is 229 Å². The van der Waals surface area contributed by atoms with Gasteiger partial charge in [0.15, 0.2) is 0 Å². The minimum absolute atomic E-state index is 0.0461. The summed E-state index contributed by atoms with van der Waals surface area (Å²) in [7, 11) is -2.35. The Morgan fingerprint density at radius 3 is 2.49 bits per heavy atom. The van der Waals surface area contributed by atoms with Crippen LogP contribution in [0.2, 0.25) is 0 Å². The smallest absolute Gasteiger partial charge is 0.317 e. The molecule has 0 saturated heterocycles. The van der Waals surface area contributed by atoms with Crippen LogP contribution in [0.25, 0.3) is 0 Å². The van der Waals surface area contributed by atoms with E-state index in [1.54, 1.807) is 24.9 Å². The lowest BCUT2D eigenvalue weighted by Gasteiger charge is -2.34. The maximum atomic E-state index is 13.3. The summed E-state index contributed by atoms with van der Waals surface area (Å²) >= 11 is 0. The number of carbonyl (C=O) groups is 2. The maximum absolute atomic E-state index is 13.3. The van der Waals surface area contributed by atoms with Crippen molar-refractivity contribution < 1.29 is 32.2 Å². The molecule has 12 heteroatoms. The van der Waals surface area contributed by atoms with Gasteiger partial charge in [0.25, 0.3) is 10.0 Å². The largest absolute Gasteiger partial charge is 0.488 e. The van der Waals surface area contributed by atoms with Crippen molar-refractivity contribution in [3.8, 4) is 5.75 Å². The zero-order chi connectivity index (χ0) is 28.9. The Bertz CT molecular complexity index is 1270. The molecule has 0 radical (unpaired) electrons. The molecule has 2 aromatic carbocycles. The highest BCUT2D eigenvalue weighted by atomic mass is 32.2. The summed E-state index contributed by atoms with van der Waals surface area (Å²) in [4.78, 5) is 28.9. The predicted molar refractivity (Wildman–Crippen MR) is 145 cm³/mol. The first kappa shape index (κ1) is 30.2. The van der Waals surface area contributed by atoms with Gasteiger partial charge in [0, 0.05) is 36.8 Å². The van der Waals surface area contributed by atoms with Gasteiger partial charge in [-0.05, 0) is 63.2 Å². The molecule has 1 heterocycles. The number of benzene rings is 2.